The van der Waals surface area contributed by atoms with Crippen LogP contribution in [0.1, 0.15) is 28.7 Å². The lowest BCUT2D eigenvalue weighted by Gasteiger charge is -2.08. The minimum atomic E-state index is -0.158. The molecule has 2 heterocycles. The molecule has 0 saturated heterocycles. The lowest BCUT2D eigenvalue weighted by atomic mass is 10.2. The van der Waals surface area contributed by atoms with Crippen LogP contribution in [0.2, 0.25) is 0 Å². The molecule has 23 heavy (non-hydrogen) atoms. The molecule has 0 saturated carbocycles. The largest absolute Gasteiger partial charge is 0.321 e. The number of hydrogen-bond acceptors (Lipinski definition) is 2. The van der Waals surface area contributed by atoms with Gasteiger partial charge in [-0.25, -0.2) is 4.98 Å². The van der Waals surface area contributed by atoms with Crippen molar-refractivity contribution in [3.63, 3.8) is 0 Å². The average Bonchev–Trinajstić information content (AvgIpc) is 2.88. The first-order valence-corrected chi connectivity index (χ1v) is 8.82. The van der Waals surface area contributed by atoms with Crippen LogP contribution < -0.4 is 5.32 Å². The van der Waals surface area contributed by atoms with Crippen molar-refractivity contribution in [3.05, 3.63) is 62.4 Å². The van der Waals surface area contributed by atoms with Crippen LogP contribution >= 0.6 is 31.9 Å². The van der Waals surface area contributed by atoms with Crippen molar-refractivity contribution < 1.29 is 4.79 Å². The molecule has 0 radical (unpaired) electrons. The highest BCUT2D eigenvalue weighted by atomic mass is 79.9. The number of aromatic nitrogens is 2. The monoisotopic (exact) mass is 435 g/mol. The number of carbonyl (C=O) groups excluding carboxylic acids is 1. The molecule has 0 aliphatic carbocycles. The Morgan fingerprint density at radius 1 is 1.26 bits per heavy atom. The second-order valence-corrected chi connectivity index (χ2v) is 7.05. The van der Waals surface area contributed by atoms with Crippen molar-refractivity contribution in [2.75, 3.05) is 5.32 Å². The third kappa shape index (κ3) is 3.19. The summed E-state index contributed by atoms with van der Waals surface area (Å²) in [5, 5.41) is 2.94. The van der Waals surface area contributed by atoms with Gasteiger partial charge in [0.15, 0.2) is 5.65 Å². The lowest BCUT2D eigenvalue weighted by molar-refractivity contribution is 0.102. The van der Waals surface area contributed by atoms with Crippen molar-refractivity contribution in [2.45, 2.75) is 20.3 Å². The highest BCUT2D eigenvalue weighted by Gasteiger charge is 2.20. The molecule has 6 heteroatoms. The summed E-state index contributed by atoms with van der Waals surface area (Å²) in [4.78, 5) is 17.4. The molecular weight excluding hydrogens is 422 g/mol. The molecule has 3 aromatic rings. The Morgan fingerprint density at radius 2 is 1.96 bits per heavy atom. The molecule has 0 aliphatic heterocycles. The van der Waals surface area contributed by atoms with Gasteiger partial charge in [0.25, 0.3) is 5.91 Å². The van der Waals surface area contributed by atoms with Gasteiger partial charge in [0.05, 0.1) is 10.2 Å². The van der Waals surface area contributed by atoms with Crippen LogP contribution in [0.3, 0.4) is 0 Å². The molecule has 1 amide bonds. The van der Waals surface area contributed by atoms with Crippen molar-refractivity contribution in [3.8, 4) is 0 Å². The number of fused-ring (bicyclic) bond motifs is 1. The van der Waals surface area contributed by atoms with E-state index in [0.29, 0.717) is 12.1 Å². The van der Waals surface area contributed by atoms with E-state index in [2.05, 4.69) is 42.2 Å². The van der Waals surface area contributed by atoms with E-state index in [9.17, 15) is 4.79 Å². The zero-order valence-electron chi connectivity index (χ0n) is 12.7. The van der Waals surface area contributed by atoms with Gasteiger partial charge in [0, 0.05) is 16.4 Å². The van der Waals surface area contributed by atoms with Crippen LogP contribution in [0.25, 0.3) is 5.65 Å². The molecule has 0 fully saturated rings. The molecular formula is C17H15Br2N3O. The van der Waals surface area contributed by atoms with Crippen LogP contribution in [0.4, 0.5) is 5.69 Å². The third-order valence-corrected chi connectivity index (χ3v) is 4.65. The molecule has 0 spiro atoms. The summed E-state index contributed by atoms with van der Waals surface area (Å²) in [5.41, 5.74) is 3.93. The number of rotatable bonds is 3. The molecule has 118 valence electrons. The number of carbonyl (C=O) groups is 1. The maximum absolute atomic E-state index is 12.8. The van der Waals surface area contributed by atoms with Gasteiger partial charge in [0.2, 0.25) is 0 Å². The number of nitrogens with zero attached hydrogens (tertiary/aromatic N) is 2. The van der Waals surface area contributed by atoms with Crippen molar-refractivity contribution in [1.82, 2.24) is 9.38 Å². The highest BCUT2D eigenvalue weighted by molar-refractivity contribution is 9.10. The predicted molar refractivity (Wildman–Crippen MR) is 99.1 cm³/mol. The molecule has 0 atom stereocenters. The van der Waals surface area contributed by atoms with Gasteiger partial charge in [-0.05, 0) is 65.2 Å². The molecule has 1 aromatic carbocycles. The number of hydrogen-bond donors (Lipinski definition) is 1. The summed E-state index contributed by atoms with van der Waals surface area (Å²) >= 11 is 6.92. The quantitative estimate of drug-likeness (QED) is 0.629. The number of aryl methyl sites for hydroxylation is 2. The summed E-state index contributed by atoms with van der Waals surface area (Å²) in [5.74, 6) is -0.158. The third-order valence-electron chi connectivity index (χ3n) is 3.54. The van der Waals surface area contributed by atoms with Crippen molar-refractivity contribution in [1.29, 1.82) is 0 Å². The van der Waals surface area contributed by atoms with Gasteiger partial charge in [-0.2, -0.15) is 0 Å². The average molecular weight is 437 g/mol. The van der Waals surface area contributed by atoms with Crippen molar-refractivity contribution in [2.24, 2.45) is 0 Å². The molecule has 0 aliphatic rings. The van der Waals surface area contributed by atoms with Gasteiger partial charge in [0.1, 0.15) is 5.69 Å². The Morgan fingerprint density at radius 3 is 2.61 bits per heavy atom. The number of benzene rings is 1. The number of halogens is 2. The second-order valence-electron chi connectivity index (χ2n) is 5.28. The van der Waals surface area contributed by atoms with E-state index in [4.69, 9.17) is 0 Å². The minimum Gasteiger partial charge on any atom is -0.321 e. The van der Waals surface area contributed by atoms with E-state index >= 15 is 0 Å². The fourth-order valence-corrected chi connectivity index (χ4v) is 3.39. The first-order valence-electron chi connectivity index (χ1n) is 7.23. The lowest BCUT2D eigenvalue weighted by Crippen LogP contribution is -2.16. The summed E-state index contributed by atoms with van der Waals surface area (Å²) in [6, 6.07) is 9.51. The van der Waals surface area contributed by atoms with E-state index in [-0.39, 0.29) is 5.91 Å². The Bertz CT molecular complexity index is 885. The van der Waals surface area contributed by atoms with E-state index in [1.165, 1.54) is 0 Å². The van der Waals surface area contributed by atoms with Crippen molar-refractivity contribution >= 4 is 49.1 Å². The van der Waals surface area contributed by atoms with Crippen LogP contribution in [0.5, 0.6) is 0 Å². The van der Waals surface area contributed by atoms with Gasteiger partial charge in [-0.15, -0.1) is 0 Å². The van der Waals surface area contributed by atoms with Gasteiger partial charge in [-0.3, -0.25) is 9.20 Å². The highest BCUT2D eigenvalue weighted by Crippen LogP contribution is 2.24. The van der Waals surface area contributed by atoms with Gasteiger partial charge in [-0.1, -0.05) is 22.9 Å². The van der Waals surface area contributed by atoms with Crippen LogP contribution in [-0.4, -0.2) is 15.3 Å². The summed E-state index contributed by atoms with van der Waals surface area (Å²) in [6.45, 7) is 3.99. The molecule has 1 N–H and O–H groups in total. The zero-order valence-corrected chi connectivity index (χ0v) is 15.9. The van der Waals surface area contributed by atoms with Crippen LogP contribution in [-0.2, 0) is 6.42 Å². The smallest absolute Gasteiger partial charge is 0.274 e. The number of amides is 1. The summed E-state index contributed by atoms with van der Waals surface area (Å²) in [6.07, 6.45) is 2.62. The first kappa shape index (κ1) is 16.2. The normalized spacial score (nSPS) is 11.0. The molecule has 4 nitrogen and oxygen atoms in total. The Labute approximate surface area is 151 Å². The zero-order chi connectivity index (χ0) is 16.6. The van der Waals surface area contributed by atoms with E-state index in [1.807, 2.05) is 54.8 Å². The first-order chi connectivity index (χ1) is 11.0. The number of anilines is 1. The fourth-order valence-electron chi connectivity index (χ4n) is 2.49. The maximum atomic E-state index is 12.8. The standard InChI is InChI=1S/C17H15Br2N3O/c1-3-14-15(17(23)20-12-6-4-11(18)5-7-12)22-9-10(2)8-13(19)16(22)21-14/h4-9H,3H2,1-2H3,(H,20,23). The Hall–Kier alpha value is -1.66. The van der Waals surface area contributed by atoms with Gasteiger partial charge >= 0.3 is 0 Å². The fraction of sp³-hybridized carbons (Fsp3) is 0.176. The van der Waals surface area contributed by atoms with E-state index < -0.39 is 0 Å². The number of imidazole rings is 1. The molecule has 3 rings (SSSR count). The van der Waals surface area contributed by atoms with E-state index in [0.717, 1.165) is 31.5 Å². The SMILES string of the molecule is CCc1nc2c(Br)cc(C)cn2c1C(=O)Nc1ccc(Br)cc1. The Kier molecular flexibility index (Phi) is 4.55. The summed E-state index contributed by atoms with van der Waals surface area (Å²) in [7, 11) is 0. The number of nitrogens with one attached hydrogen (secondary N) is 1. The van der Waals surface area contributed by atoms with E-state index in [1.54, 1.807) is 0 Å². The number of pyridine rings is 1. The summed E-state index contributed by atoms with van der Waals surface area (Å²) < 4.78 is 3.71. The van der Waals surface area contributed by atoms with Crippen LogP contribution in [0.15, 0.2) is 45.5 Å². The minimum absolute atomic E-state index is 0.158. The molecule has 0 bridgehead atoms. The Balaban J connectivity index is 2.07. The second kappa shape index (κ2) is 6.45. The maximum Gasteiger partial charge on any atom is 0.274 e. The molecule has 0 unspecified atom stereocenters. The van der Waals surface area contributed by atoms with Gasteiger partial charge < -0.3 is 5.32 Å². The molecule has 2 aromatic heterocycles. The topological polar surface area (TPSA) is 46.4 Å². The van der Waals surface area contributed by atoms with Crippen LogP contribution in [0, 0.1) is 6.92 Å². The predicted octanol–water partition coefficient (Wildman–Crippen LogP) is 4.98.